The molecule has 0 spiro atoms. The van der Waals surface area contributed by atoms with Crippen LogP contribution in [0.4, 0.5) is 0 Å². The first-order valence-electron chi connectivity index (χ1n) is 6.46. The molecule has 3 aromatic rings. The molecule has 0 bridgehead atoms. The van der Waals surface area contributed by atoms with E-state index in [1.54, 1.807) is 4.68 Å². The number of hydrogen-bond acceptors (Lipinski definition) is 4. The van der Waals surface area contributed by atoms with Crippen LogP contribution in [0.3, 0.4) is 0 Å². The average Bonchev–Trinajstić information content (AvgIpc) is 2.73. The fourth-order valence-corrected chi connectivity index (χ4v) is 3.24. The summed E-state index contributed by atoms with van der Waals surface area (Å²) in [6, 6.07) is 7.59. The topological polar surface area (TPSA) is 64.8 Å². The van der Waals surface area contributed by atoms with Crippen molar-refractivity contribution in [3.63, 3.8) is 0 Å². The third kappa shape index (κ3) is 2.61. The molecular weight excluding hydrogens is 310 g/mol. The van der Waals surface area contributed by atoms with Crippen molar-refractivity contribution in [3.05, 3.63) is 35.0 Å². The molecule has 0 saturated carbocycles. The van der Waals surface area contributed by atoms with Crippen molar-refractivity contribution in [2.24, 2.45) is 0 Å². The van der Waals surface area contributed by atoms with Gasteiger partial charge in [0.1, 0.15) is 9.84 Å². The Hall–Kier alpha value is -1.66. The maximum atomic E-state index is 11.3. The van der Waals surface area contributed by atoms with E-state index >= 15 is 0 Å². The quantitative estimate of drug-likeness (QED) is 0.743. The third-order valence-corrected chi connectivity index (χ3v) is 4.68. The van der Waals surface area contributed by atoms with Gasteiger partial charge in [0.2, 0.25) is 0 Å². The normalized spacial score (nSPS) is 12.3. The van der Waals surface area contributed by atoms with Crippen molar-refractivity contribution in [1.29, 1.82) is 0 Å². The number of para-hydroxylation sites is 1. The highest BCUT2D eigenvalue weighted by molar-refractivity contribution is 7.90. The standard InChI is InChI=1S/C14H14ClN3O2S/c1-9-12-13(15)10-5-3-4-6-11(10)16-14(12)18(17-9)7-8-21(2,19)20/h3-6H,7-8H2,1-2H3. The van der Waals surface area contributed by atoms with Gasteiger partial charge in [-0.05, 0) is 13.0 Å². The zero-order valence-electron chi connectivity index (χ0n) is 11.7. The Morgan fingerprint density at radius 1 is 1.29 bits per heavy atom. The second kappa shape index (κ2) is 4.96. The van der Waals surface area contributed by atoms with Crippen LogP contribution in [0.25, 0.3) is 21.9 Å². The van der Waals surface area contributed by atoms with E-state index in [9.17, 15) is 8.42 Å². The second-order valence-electron chi connectivity index (χ2n) is 5.08. The highest BCUT2D eigenvalue weighted by Crippen LogP contribution is 2.32. The second-order valence-corrected chi connectivity index (χ2v) is 7.72. The number of aryl methyl sites for hydroxylation is 2. The molecule has 0 aliphatic rings. The number of fused-ring (bicyclic) bond motifs is 2. The predicted octanol–water partition coefficient (Wildman–Crippen LogP) is 2.59. The summed E-state index contributed by atoms with van der Waals surface area (Å²) in [6.45, 7) is 2.12. The van der Waals surface area contributed by atoms with Crippen LogP contribution in [0, 0.1) is 6.92 Å². The fraction of sp³-hybridized carbons (Fsp3) is 0.286. The van der Waals surface area contributed by atoms with Crippen LogP contribution in [0.2, 0.25) is 5.02 Å². The molecule has 7 heteroatoms. The molecule has 0 radical (unpaired) electrons. The van der Waals surface area contributed by atoms with Crippen LogP contribution < -0.4 is 0 Å². The number of sulfone groups is 1. The minimum atomic E-state index is -3.06. The van der Waals surface area contributed by atoms with Crippen LogP contribution in [-0.2, 0) is 16.4 Å². The molecule has 0 saturated heterocycles. The molecule has 0 aliphatic carbocycles. The van der Waals surface area contributed by atoms with E-state index in [0.29, 0.717) is 10.7 Å². The summed E-state index contributed by atoms with van der Waals surface area (Å²) in [7, 11) is -3.06. The molecule has 3 rings (SSSR count). The molecule has 1 aromatic carbocycles. The summed E-state index contributed by atoms with van der Waals surface area (Å²) < 4.78 is 24.3. The zero-order chi connectivity index (χ0) is 15.2. The molecule has 110 valence electrons. The number of aromatic nitrogens is 3. The maximum absolute atomic E-state index is 11.3. The maximum Gasteiger partial charge on any atom is 0.160 e. The molecule has 0 amide bonds. The number of nitrogens with zero attached hydrogens (tertiary/aromatic N) is 3. The van der Waals surface area contributed by atoms with Gasteiger partial charge in [0.25, 0.3) is 0 Å². The molecule has 2 aromatic heterocycles. The van der Waals surface area contributed by atoms with Crippen LogP contribution in [0.15, 0.2) is 24.3 Å². The summed E-state index contributed by atoms with van der Waals surface area (Å²) in [5.41, 5.74) is 2.15. The summed E-state index contributed by atoms with van der Waals surface area (Å²) in [6.07, 6.45) is 1.21. The number of pyridine rings is 1. The zero-order valence-corrected chi connectivity index (χ0v) is 13.2. The van der Waals surface area contributed by atoms with Crippen molar-refractivity contribution < 1.29 is 8.42 Å². The van der Waals surface area contributed by atoms with E-state index < -0.39 is 9.84 Å². The lowest BCUT2D eigenvalue weighted by atomic mass is 10.1. The van der Waals surface area contributed by atoms with Crippen molar-refractivity contribution in [2.45, 2.75) is 13.5 Å². The molecule has 5 nitrogen and oxygen atoms in total. The smallest absolute Gasteiger partial charge is 0.160 e. The summed E-state index contributed by atoms with van der Waals surface area (Å²) in [5, 5.41) is 6.65. The highest BCUT2D eigenvalue weighted by atomic mass is 35.5. The Labute approximate surface area is 127 Å². The first-order chi connectivity index (χ1) is 9.87. The summed E-state index contributed by atoms with van der Waals surface area (Å²) >= 11 is 6.47. The van der Waals surface area contributed by atoms with E-state index in [1.807, 2.05) is 31.2 Å². The van der Waals surface area contributed by atoms with Gasteiger partial charge >= 0.3 is 0 Å². The lowest BCUT2D eigenvalue weighted by Gasteiger charge is -2.04. The van der Waals surface area contributed by atoms with Gasteiger partial charge in [0.05, 0.1) is 33.9 Å². The Balaban J connectivity index is 2.24. The van der Waals surface area contributed by atoms with E-state index in [0.717, 1.165) is 22.0 Å². The largest absolute Gasteiger partial charge is 0.246 e. The third-order valence-electron chi connectivity index (χ3n) is 3.36. The van der Waals surface area contributed by atoms with Crippen molar-refractivity contribution in [1.82, 2.24) is 14.8 Å². The molecule has 0 N–H and O–H groups in total. The van der Waals surface area contributed by atoms with Crippen molar-refractivity contribution >= 4 is 43.4 Å². The molecule has 0 fully saturated rings. The molecule has 0 aliphatic heterocycles. The number of hydrogen-bond donors (Lipinski definition) is 0. The van der Waals surface area contributed by atoms with Gasteiger partial charge in [-0.3, -0.25) is 0 Å². The van der Waals surface area contributed by atoms with Crippen LogP contribution in [-0.4, -0.2) is 35.2 Å². The highest BCUT2D eigenvalue weighted by Gasteiger charge is 2.16. The van der Waals surface area contributed by atoms with Gasteiger partial charge in [-0.15, -0.1) is 0 Å². The first-order valence-corrected chi connectivity index (χ1v) is 8.90. The van der Waals surface area contributed by atoms with E-state index in [4.69, 9.17) is 11.6 Å². The molecular formula is C14H14ClN3O2S. The lowest BCUT2D eigenvalue weighted by Crippen LogP contribution is -2.12. The molecule has 0 atom stereocenters. The number of halogens is 1. The minimum Gasteiger partial charge on any atom is -0.246 e. The Morgan fingerprint density at radius 2 is 2.00 bits per heavy atom. The molecule has 21 heavy (non-hydrogen) atoms. The fourth-order valence-electron chi connectivity index (χ4n) is 2.35. The Kier molecular flexibility index (Phi) is 3.37. The SMILES string of the molecule is Cc1nn(CCS(C)(=O)=O)c2nc3ccccc3c(Cl)c12. The molecule has 0 unspecified atom stereocenters. The van der Waals surface area contributed by atoms with Gasteiger partial charge in [-0.25, -0.2) is 18.1 Å². The van der Waals surface area contributed by atoms with Gasteiger partial charge < -0.3 is 0 Å². The van der Waals surface area contributed by atoms with Gasteiger partial charge in [-0.1, -0.05) is 29.8 Å². The first kappa shape index (κ1) is 14.3. The Bertz CT molecular complexity index is 948. The predicted molar refractivity (Wildman–Crippen MR) is 84.5 cm³/mol. The average molecular weight is 324 g/mol. The van der Waals surface area contributed by atoms with Crippen molar-refractivity contribution in [2.75, 3.05) is 12.0 Å². The summed E-state index contributed by atoms with van der Waals surface area (Å²) in [5.74, 6) is 0.0232. The van der Waals surface area contributed by atoms with E-state index in [1.165, 1.54) is 6.26 Å². The van der Waals surface area contributed by atoms with Gasteiger partial charge in [0.15, 0.2) is 5.65 Å². The number of rotatable bonds is 3. The summed E-state index contributed by atoms with van der Waals surface area (Å²) in [4.78, 5) is 4.58. The van der Waals surface area contributed by atoms with Crippen LogP contribution >= 0.6 is 11.6 Å². The van der Waals surface area contributed by atoms with Crippen LogP contribution in [0.5, 0.6) is 0 Å². The van der Waals surface area contributed by atoms with Crippen molar-refractivity contribution in [3.8, 4) is 0 Å². The number of benzene rings is 1. The lowest BCUT2D eigenvalue weighted by molar-refractivity contribution is 0.588. The van der Waals surface area contributed by atoms with E-state index in [2.05, 4.69) is 10.1 Å². The minimum absolute atomic E-state index is 0.0232. The molecule has 2 heterocycles. The van der Waals surface area contributed by atoms with Gasteiger partial charge in [-0.2, -0.15) is 5.10 Å². The Morgan fingerprint density at radius 3 is 2.71 bits per heavy atom. The monoisotopic (exact) mass is 323 g/mol. The van der Waals surface area contributed by atoms with Crippen LogP contribution in [0.1, 0.15) is 5.69 Å². The van der Waals surface area contributed by atoms with Gasteiger partial charge in [0, 0.05) is 11.6 Å². The van der Waals surface area contributed by atoms with E-state index in [-0.39, 0.29) is 12.3 Å².